The fourth-order valence-electron chi connectivity index (χ4n) is 9.11. The maximum absolute atomic E-state index is 9.05. The number of aromatic nitrogens is 4. The number of rotatable bonds is 8. The van der Waals surface area contributed by atoms with Gasteiger partial charge in [0.2, 0.25) is 0 Å². The first-order chi connectivity index (χ1) is 37.4. The molecule has 0 spiro atoms. The van der Waals surface area contributed by atoms with Crippen LogP contribution in [0.5, 0.6) is 23.0 Å². The van der Waals surface area contributed by atoms with Gasteiger partial charge in [-0.05, 0) is 89.0 Å². The molecule has 0 aliphatic carbocycles. The van der Waals surface area contributed by atoms with Gasteiger partial charge < -0.3 is 14.4 Å². The van der Waals surface area contributed by atoms with Gasteiger partial charge in [0, 0.05) is 29.1 Å². The first-order valence-electron chi connectivity index (χ1n) is 26.5. The van der Waals surface area contributed by atoms with Crippen LogP contribution >= 0.6 is 0 Å². The van der Waals surface area contributed by atoms with Crippen LogP contribution in [0, 0.1) is 6.33 Å². The van der Waals surface area contributed by atoms with Crippen molar-refractivity contribution >= 4 is 49.9 Å². The first kappa shape index (κ1) is 29.3. The summed E-state index contributed by atoms with van der Waals surface area (Å²) in [4.78, 5) is 7.13. The average molecular weight is 872 g/mol. The quantitative estimate of drug-likeness (QED) is 0.113. The maximum atomic E-state index is 9.05. The molecule has 0 saturated carbocycles. The van der Waals surface area contributed by atoms with Gasteiger partial charge in [-0.25, -0.2) is 4.98 Å². The predicted molar refractivity (Wildman–Crippen MR) is 268 cm³/mol. The van der Waals surface area contributed by atoms with Gasteiger partial charge in [0.1, 0.15) is 17.3 Å². The Bertz CT molecular complexity index is 4270. The smallest absolute Gasteiger partial charge is 0.269 e. The molecule has 3 aromatic heterocycles. The largest absolute Gasteiger partial charge is 0.458 e. The number of pyridine rings is 1. The van der Waals surface area contributed by atoms with Crippen LogP contribution in [-0.2, 0) is 0 Å². The first-order valence-corrected chi connectivity index (χ1v) is 21.5. The number of anilines is 3. The number of hydrogen-bond donors (Lipinski definition) is 0. The molecule has 316 valence electrons. The van der Waals surface area contributed by atoms with E-state index in [1.807, 2.05) is 140 Å². The molecular weight excluding hydrogens is 823 g/mol. The van der Waals surface area contributed by atoms with E-state index in [4.69, 9.17) is 28.2 Å². The van der Waals surface area contributed by atoms with E-state index in [-0.39, 0.29) is 27.9 Å². The minimum absolute atomic E-state index is 0.138. The molecule has 4 heterocycles. The average Bonchev–Trinajstić information content (AvgIpc) is 4.09. The molecule has 0 radical (unpaired) electrons. The molecule has 12 aromatic rings. The number of benzene rings is 9. The second-order valence-electron chi connectivity index (χ2n) is 15.8. The summed E-state index contributed by atoms with van der Waals surface area (Å²) in [7, 11) is 0. The Morgan fingerprint density at radius 1 is 0.522 bits per heavy atom. The predicted octanol–water partition coefficient (Wildman–Crippen LogP) is 14.9. The molecule has 7 heteroatoms. The van der Waals surface area contributed by atoms with Crippen molar-refractivity contribution in [1.82, 2.24) is 14.1 Å². The Kier molecular flexibility index (Phi) is 6.91. The van der Waals surface area contributed by atoms with E-state index in [0.29, 0.717) is 34.0 Å². The lowest BCUT2D eigenvalue weighted by atomic mass is 9.95. The Balaban J connectivity index is 0.937. The number of fused-ring (bicyclic) bond motifs is 6. The third-order valence-corrected chi connectivity index (χ3v) is 12.0. The summed E-state index contributed by atoms with van der Waals surface area (Å²) >= 11 is 0. The molecule has 0 N–H and O–H groups in total. The SMILES string of the molecule is [2H]c1c([2H])c([2H])c(-c2cccc(-c3c([2H])c([2H])c([2H])c([2H])c3[2H])c2-[n+]2[c-]n(-c3cccc(Oc4ccc5c6ccccc6n(-c6cc(N7c8ccccc8Oc8ccccc87)ccn6)c5c4)c3)c3ccccc32)c([2H])c1[2H]. The normalized spacial score (nSPS) is 14.1. The molecular formula is C60H39N5O2. The number of para-hydroxylation sites is 8. The highest BCUT2D eigenvalue weighted by Crippen LogP contribution is 2.50. The van der Waals surface area contributed by atoms with Crippen LogP contribution in [0.2, 0.25) is 0 Å². The number of hydrogen-bond acceptors (Lipinski definition) is 4. The maximum Gasteiger partial charge on any atom is 0.269 e. The van der Waals surface area contributed by atoms with E-state index in [0.717, 1.165) is 50.4 Å². The van der Waals surface area contributed by atoms with Gasteiger partial charge in [-0.2, -0.15) is 0 Å². The molecule has 7 nitrogen and oxygen atoms in total. The van der Waals surface area contributed by atoms with Crippen LogP contribution < -0.4 is 18.9 Å². The van der Waals surface area contributed by atoms with Crippen molar-refractivity contribution in [3.05, 3.63) is 243 Å². The zero-order valence-electron chi connectivity index (χ0n) is 45.3. The van der Waals surface area contributed by atoms with Crippen molar-refractivity contribution in [3.63, 3.8) is 0 Å². The van der Waals surface area contributed by atoms with E-state index >= 15 is 0 Å². The number of imidazole rings is 1. The number of ether oxygens (including phenoxy) is 2. The molecule has 9 aromatic carbocycles. The lowest BCUT2D eigenvalue weighted by molar-refractivity contribution is -0.571. The van der Waals surface area contributed by atoms with E-state index < -0.39 is 60.4 Å². The summed E-state index contributed by atoms with van der Waals surface area (Å²) in [6, 6.07) is 48.4. The summed E-state index contributed by atoms with van der Waals surface area (Å²) in [5.41, 5.74) is 6.53. The van der Waals surface area contributed by atoms with Crippen molar-refractivity contribution in [2.75, 3.05) is 4.90 Å². The highest BCUT2D eigenvalue weighted by Gasteiger charge is 2.26. The molecule has 0 unspecified atom stereocenters. The zero-order chi connectivity index (χ0) is 53.0. The van der Waals surface area contributed by atoms with E-state index in [9.17, 15) is 0 Å². The standard InChI is InChI=1S/C60H39N5O2/c1-3-17-41(18-4-1)47-24-16-25-48(42-19-5-2-6-20-42)60(47)63-40-62(52-27-9-10-28-53(52)63)43-21-15-22-45(37-43)66-46-33-34-50-49-23-7-8-26-51(49)65(56(50)39-46)59-38-44(35-36-61-59)64-54-29-11-13-31-57(54)67-58-32-14-12-30-55(58)64/h1-39H/i1D,2D,3D,4D,5D,6D,17D,18D,19D,20D. The summed E-state index contributed by atoms with van der Waals surface area (Å²) in [6.07, 6.45) is 5.26. The molecule has 1 aliphatic heterocycles. The molecule has 1 aliphatic rings. The van der Waals surface area contributed by atoms with Gasteiger partial charge in [-0.15, -0.1) is 0 Å². The van der Waals surface area contributed by atoms with Crippen LogP contribution in [0.1, 0.15) is 13.7 Å². The summed E-state index contributed by atoms with van der Waals surface area (Å²) in [5, 5.41) is 2.04. The van der Waals surface area contributed by atoms with Gasteiger partial charge in [-0.3, -0.25) is 13.7 Å². The van der Waals surface area contributed by atoms with E-state index in [2.05, 4.69) is 34.0 Å². The minimum atomic E-state index is -0.572. The highest BCUT2D eigenvalue weighted by atomic mass is 16.5. The fraction of sp³-hybridized carbons (Fsp3) is 0. The Hall–Kier alpha value is -9.20. The molecule has 0 amide bonds. The summed E-state index contributed by atoms with van der Waals surface area (Å²) < 4.78 is 106. The molecule has 0 saturated heterocycles. The summed E-state index contributed by atoms with van der Waals surface area (Å²) in [6.45, 7) is 0. The van der Waals surface area contributed by atoms with E-state index in [1.165, 1.54) is 0 Å². The van der Waals surface area contributed by atoms with E-state index in [1.54, 1.807) is 27.3 Å². The van der Waals surface area contributed by atoms with Crippen LogP contribution in [0.25, 0.3) is 72.3 Å². The summed E-state index contributed by atoms with van der Waals surface area (Å²) in [5.74, 6) is 3.23. The second kappa shape index (κ2) is 15.8. The molecule has 13 rings (SSSR count). The van der Waals surface area contributed by atoms with Crippen molar-refractivity contribution in [3.8, 4) is 62.4 Å². The Morgan fingerprint density at radius 3 is 1.90 bits per heavy atom. The van der Waals surface area contributed by atoms with Gasteiger partial charge in [0.25, 0.3) is 6.33 Å². The van der Waals surface area contributed by atoms with Crippen molar-refractivity contribution < 1.29 is 27.7 Å². The lowest BCUT2D eigenvalue weighted by Gasteiger charge is -2.32. The monoisotopic (exact) mass is 871 g/mol. The van der Waals surface area contributed by atoms with Crippen molar-refractivity contribution in [2.45, 2.75) is 0 Å². The minimum Gasteiger partial charge on any atom is -0.458 e. The highest BCUT2D eigenvalue weighted by molar-refractivity contribution is 6.09. The van der Waals surface area contributed by atoms with Gasteiger partial charge in [0.05, 0.1) is 64.2 Å². The third-order valence-electron chi connectivity index (χ3n) is 12.0. The van der Waals surface area contributed by atoms with Crippen LogP contribution in [-0.4, -0.2) is 14.1 Å². The lowest BCUT2D eigenvalue weighted by Crippen LogP contribution is -2.31. The topological polar surface area (TPSA) is 48.3 Å². The van der Waals surface area contributed by atoms with Gasteiger partial charge in [-0.1, -0.05) is 151 Å². The third kappa shape index (κ3) is 6.52. The second-order valence-corrected chi connectivity index (χ2v) is 15.8. The molecule has 0 atom stereocenters. The molecule has 0 fully saturated rings. The Morgan fingerprint density at radius 2 is 1.15 bits per heavy atom. The molecule has 67 heavy (non-hydrogen) atoms. The molecule has 0 bridgehead atoms. The van der Waals surface area contributed by atoms with Crippen molar-refractivity contribution in [1.29, 1.82) is 0 Å². The van der Waals surface area contributed by atoms with Crippen LogP contribution in [0.3, 0.4) is 0 Å². The number of nitrogens with zero attached hydrogens (tertiary/aromatic N) is 5. The van der Waals surface area contributed by atoms with Crippen LogP contribution in [0.4, 0.5) is 17.1 Å². The van der Waals surface area contributed by atoms with Gasteiger partial charge in [0.15, 0.2) is 11.5 Å². The van der Waals surface area contributed by atoms with Gasteiger partial charge >= 0.3 is 0 Å². The van der Waals surface area contributed by atoms with Crippen molar-refractivity contribution in [2.24, 2.45) is 0 Å². The fourth-order valence-corrected chi connectivity index (χ4v) is 9.11. The zero-order valence-corrected chi connectivity index (χ0v) is 35.3. The Labute approximate surface area is 400 Å². The van der Waals surface area contributed by atoms with Crippen LogP contribution in [0.15, 0.2) is 236 Å².